The minimum Gasteiger partial charge on any atom is -0.361 e. The van der Waals surface area contributed by atoms with Crippen molar-refractivity contribution in [3.63, 3.8) is 0 Å². The molecule has 0 aromatic carbocycles. The van der Waals surface area contributed by atoms with Gasteiger partial charge in [-0.05, 0) is 37.3 Å². The molecule has 0 radical (unpaired) electrons. The van der Waals surface area contributed by atoms with Crippen LogP contribution in [0.1, 0.15) is 28.2 Å². The van der Waals surface area contributed by atoms with Crippen LogP contribution < -0.4 is 4.90 Å². The molecule has 0 N–H and O–H groups in total. The Labute approximate surface area is 140 Å². The summed E-state index contributed by atoms with van der Waals surface area (Å²) < 4.78 is 0. The third-order valence-corrected chi connectivity index (χ3v) is 4.87. The average molecular weight is 331 g/mol. The van der Waals surface area contributed by atoms with E-state index in [2.05, 4.69) is 15.2 Å². The molecule has 1 atom stereocenters. The van der Waals surface area contributed by atoms with Crippen LogP contribution in [0.5, 0.6) is 0 Å². The minimum absolute atomic E-state index is 0.103. The highest BCUT2D eigenvalue weighted by Gasteiger charge is 2.25. The monoisotopic (exact) mass is 331 g/mol. The lowest BCUT2D eigenvalue weighted by molar-refractivity contribution is 0.0677. The van der Waals surface area contributed by atoms with Gasteiger partial charge in [-0.3, -0.25) is 9.78 Å². The van der Waals surface area contributed by atoms with Gasteiger partial charge >= 0.3 is 0 Å². The topological polar surface area (TPSA) is 62.2 Å². The Morgan fingerprint density at radius 3 is 2.91 bits per heavy atom. The fraction of sp³-hybridized carbons (Fsp3) is 0.500. The summed E-state index contributed by atoms with van der Waals surface area (Å²) in [5.41, 5.74) is 2.70. The maximum Gasteiger partial charge on any atom is 0.265 e. The molecule has 3 rings (SSSR count). The minimum atomic E-state index is 0.103. The van der Waals surface area contributed by atoms with Crippen LogP contribution in [0.4, 0.5) is 5.82 Å². The summed E-state index contributed by atoms with van der Waals surface area (Å²) >= 11 is 1.40. The van der Waals surface area contributed by atoms with Crippen LogP contribution in [-0.2, 0) is 6.42 Å². The fourth-order valence-corrected chi connectivity index (χ4v) is 3.48. The summed E-state index contributed by atoms with van der Waals surface area (Å²) in [5, 5.41) is 8.54. The molecule has 0 bridgehead atoms. The molecule has 23 heavy (non-hydrogen) atoms. The van der Waals surface area contributed by atoms with E-state index in [1.165, 1.54) is 11.3 Å². The van der Waals surface area contributed by atoms with Gasteiger partial charge in [-0.1, -0.05) is 0 Å². The zero-order valence-corrected chi connectivity index (χ0v) is 14.3. The molecule has 2 aromatic heterocycles. The zero-order chi connectivity index (χ0) is 16.2. The van der Waals surface area contributed by atoms with Crippen LogP contribution in [0.15, 0.2) is 23.8 Å². The molecule has 6 nitrogen and oxygen atoms in total. The second kappa shape index (κ2) is 7.04. The summed E-state index contributed by atoms with van der Waals surface area (Å²) in [5.74, 6) is 1.41. The highest BCUT2D eigenvalue weighted by atomic mass is 32.1. The molecule has 0 saturated carbocycles. The molecule has 0 aliphatic carbocycles. The van der Waals surface area contributed by atoms with Crippen molar-refractivity contribution < 1.29 is 4.79 Å². The van der Waals surface area contributed by atoms with E-state index in [0.29, 0.717) is 5.92 Å². The Kier molecular flexibility index (Phi) is 4.85. The Morgan fingerprint density at radius 2 is 2.26 bits per heavy atom. The molecule has 122 valence electrons. The third kappa shape index (κ3) is 3.85. The van der Waals surface area contributed by atoms with Crippen molar-refractivity contribution in [3.8, 4) is 0 Å². The molecule has 7 heteroatoms. The maximum atomic E-state index is 12.4. The molecule has 3 heterocycles. The van der Waals surface area contributed by atoms with Gasteiger partial charge in [0.25, 0.3) is 5.91 Å². The first kappa shape index (κ1) is 15.9. The van der Waals surface area contributed by atoms with E-state index in [1.807, 2.05) is 36.0 Å². The number of aromatic nitrogens is 3. The quantitative estimate of drug-likeness (QED) is 0.858. The lowest BCUT2D eigenvalue weighted by Gasteiger charge is -2.32. The lowest BCUT2D eigenvalue weighted by Crippen LogP contribution is -2.40. The predicted octanol–water partition coefficient (Wildman–Crippen LogP) is 2.09. The van der Waals surface area contributed by atoms with Crippen LogP contribution in [0.3, 0.4) is 0 Å². The van der Waals surface area contributed by atoms with E-state index in [4.69, 9.17) is 0 Å². The molecular formula is C16H21N5OS. The molecule has 1 fully saturated rings. The molecular weight excluding hydrogens is 310 g/mol. The number of thiazole rings is 1. The smallest absolute Gasteiger partial charge is 0.265 e. The van der Waals surface area contributed by atoms with E-state index in [9.17, 15) is 4.79 Å². The SMILES string of the molecule is CN(C)c1ccc(CC2CCCN(C(=O)c3cncs3)C2)nn1. The van der Waals surface area contributed by atoms with E-state index < -0.39 is 0 Å². The highest BCUT2D eigenvalue weighted by Crippen LogP contribution is 2.22. The van der Waals surface area contributed by atoms with Crippen LogP contribution in [0.25, 0.3) is 0 Å². The molecule has 1 aliphatic rings. The van der Waals surface area contributed by atoms with Gasteiger partial charge in [-0.15, -0.1) is 16.4 Å². The second-order valence-electron chi connectivity index (χ2n) is 6.11. The number of nitrogens with zero attached hydrogens (tertiary/aromatic N) is 5. The number of rotatable bonds is 4. The van der Waals surface area contributed by atoms with Crippen LogP contribution in [-0.4, -0.2) is 53.2 Å². The Morgan fingerprint density at radius 1 is 1.39 bits per heavy atom. The molecule has 1 amide bonds. The fourth-order valence-electron chi connectivity index (χ4n) is 2.89. The standard InChI is InChI=1S/C16H21N5OS/c1-20(2)15-6-5-13(18-19-15)8-12-4-3-7-21(10-12)16(22)14-9-17-11-23-14/h5-6,9,11-12H,3-4,7-8,10H2,1-2H3. The van der Waals surface area contributed by atoms with Crippen LogP contribution in [0.2, 0.25) is 0 Å². The lowest BCUT2D eigenvalue weighted by atomic mass is 9.93. The van der Waals surface area contributed by atoms with Crippen molar-refractivity contribution in [3.05, 3.63) is 34.4 Å². The maximum absolute atomic E-state index is 12.4. The number of likely N-dealkylation sites (tertiary alicyclic amines) is 1. The van der Waals surface area contributed by atoms with Gasteiger partial charge in [0.1, 0.15) is 4.88 Å². The number of hydrogen-bond acceptors (Lipinski definition) is 6. The summed E-state index contributed by atoms with van der Waals surface area (Å²) in [6.07, 6.45) is 4.69. The van der Waals surface area contributed by atoms with Crippen molar-refractivity contribution in [1.29, 1.82) is 0 Å². The van der Waals surface area contributed by atoms with Crippen molar-refractivity contribution >= 4 is 23.1 Å². The van der Waals surface area contributed by atoms with E-state index >= 15 is 0 Å². The van der Waals surface area contributed by atoms with Gasteiger partial charge in [-0.2, -0.15) is 5.10 Å². The van der Waals surface area contributed by atoms with Gasteiger partial charge in [0.2, 0.25) is 0 Å². The molecule has 1 unspecified atom stereocenters. The Bertz CT molecular complexity index is 641. The molecule has 1 saturated heterocycles. The predicted molar refractivity (Wildman–Crippen MR) is 90.8 cm³/mol. The first-order chi connectivity index (χ1) is 11.1. The summed E-state index contributed by atoms with van der Waals surface area (Å²) in [4.78, 5) is 21.0. The van der Waals surface area contributed by atoms with Gasteiger partial charge in [-0.25, -0.2) is 0 Å². The number of amides is 1. The second-order valence-corrected chi connectivity index (χ2v) is 6.99. The first-order valence-electron chi connectivity index (χ1n) is 7.81. The normalized spacial score (nSPS) is 18.0. The average Bonchev–Trinajstić information content (AvgIpc) is 3.09. The molecule has 1 aliphatic heterocycles. The van der Waals surface area contributed by atoms with E-state index in [1.54, 1.807) is 11.7 Å². The van der Waals surface area contributed by atoms with Gasteiger partial charge < -0.3 is 9.80 Å². The zero-order valence-electron chi connectivity index (χ0n) is 13.5. The molecule has 2 aromatic rings. The Hall–Kier alpha value is -2.02. The summed E-state index contributed by atoms with van der Waals surface area (Å²) in [6, 6.07) is 4.03. The largest absolute Gasteiger partial charge is 0.361 e. The van der Waals surface area contributed by atoms with Crippen molar-refractivity contribution in [2.75, 3.05) is 32.1 Å². The van der Waals surface area contributed by atoms with Crippen LogP contribution >= 0.6 is 11.3 Å². The third-order valence-electron chi connectivity index (χ3n) is 4.11. The summed E-state index contributed by atoms with van der Waals surface area (Å²) in [6.45, 7) is 1.62. The van der Waals surface area contributed by atoms with Gasteiger partial charge in [0, 0.05) is 27.2 Å². The van der Waals surface area contributed by atoms with Crippen molar-refractivity contribution in [1.82, 2.24) is 20.1 Å². The number of carbonyl (C=O) groups excluding carboxylic acids is 1. The van der Waals surface area contributed by atoms with E-state index in [-0.39, 0.29) is 5.91 Å². The number of piperidine rings is 1. The van der Waals surface area contributed by atoms with Gasteiger partial charge in [0.05, 0.1) is 17.4 Å². The highest BCUT2D eigenvalue weighted by molar-refractivity contribution is 7.11. The summed E-state index contributed by atoms with van der Waals surface area (Å²) in [7, 11) is 3.90. The number of anilines is 1. The van der Waals surface area contributed by atoms with Gasteiger partial charge in [0.15, 0.2) is 5.82 Å². The number of carbonyl (C=O) groups is 1. The van der Waals surface area contributed by atoms with E-state index in [0.717, 1.165) is 48.7 Å². The van der Waals surface area contributed by atoms with Crippen molar-refractivity contribution in [2.45, 2.75) is 19.3 Å². The first-order valence-corrected chi connectivity index (χ1v) is 8.69. The van der Waals surface area contributed by atoms with Crippen molar-refractivity contribution in [2.24, 2.45) is 5.92 Å². The number of hydrogen-bond donors (Lipinski definition) is 0. The van der Waals surface area contributed by atoms with Crippen LogP contribution in [0, 0.1) is 5.92 Å². The Balaban J connectivity index is 1.61. The molecule has 0 spiro atoms.